The van der Waals surface area contributed by atoms with Crippen LogP contribution in [0.25, 0.3) is 10.1 Å². The molecule has 0 unspecified atom stereocenters. The number of nitrogens with zero attached hydrogens (tertiary/aromatic N) is 3. The monoisotopic (exact) mass is 397 g/mol. The molecule has 0 aliphatic carbocycles. The van der Waals surface area contributed by atoms with Crippen molar-refractivity contribution in [2.45, 2.75) is 26.8 Å². The van der Waals surface area contributed by atoms with Crippen LogP contribution in [-0.2, 0) is 0 Å². The van der Waals surface area contributed by atoms with Crippen molar-refractivity contribution in [3.05, 3.63) is 47.6 Å². The lowest BCUT2D eigenvalue weighted by molar-refractivity contribution is 0.0751. The highest BCUT2D eigenvalue weighted by Crippen LogP contribution is 2.31. The highest BCUT2D eigenvalue weighted by Gasteiger charge is 2.25. The standard InChI is InChI=1S/C22H27N3O2S/c1-4-27-19-8-6-5-7-18(19)23-9-11-24(12-10-23)22(26)20-13-17-14-25(16(2)3)15-21(17)28-20/h5-8,13-16H,4,9-12H2,1-3H3. The number of piperazine rings is 1. The third kappa shape index (κ3) is 3.61. The Bertz CT molecular complexity index is 936. The Hall–Kier alpha value is -2.47. The van der Waals surface area contributed by atoms with Crippen molar-refractivity contribution in [3.63, 3.8) is 0 Å². The van der Waals surface area contributed by atoms with Crippen molar-refractivity contribution >= 4 is 33.0 Å². The van der Waals surface area contributed by atoms with Crippen molar-refractivity contribution < 1.29 is 9.53 Å². The predicted octanol–water partition coefficient (Wildman–Crippen LogP) is 4.64. The number of amides is 1. The third-order valence-electron chi connectivity index (χ3n) is 5.23. The molecule has 0 N–H and O–H groups in total. The maximum Gasteiger partial charge on any atom is 0.264 e. The Morgan fingerprint density at radius 3 is 2.57 bits per heavy atom. The van der Waals surface area contributed by atoms with Crippen LogP contribution in [0.15, 0.2) is 42.7 Å². The predicted molar refractivity (Wildman–Crippen MR) is 116 cm³/mol. The number of aromatic nitrogens is 1. The zero-order chi connectivity index (χ0) is 19.7. The molecule has 0 saturated carbocycles. The molecule has 4 rings (SSSR count). The molecule has 1 amide bonds. The van der Waals surface area contributed by atoms with Crippen molar-refractivity contribution in [2.24, 2.45) is 0 Å². The number of benzene rings is 1. The molecular weight excluding hydrogens is 370 g/mol. The SMILES string of the molecule is CCOc1ccccc1N1CCN(C(=O)c2cc3cn(C(C)C)cc3s2)CC1. The normalized spacial score (nSPS) is 14.9. The van der Waals surface area contributed by atoms with E-state index in [2.05, 4.69) is 41.8 Å². The molecule has 1 aliphatic heterocycles. The molecule has 6 heteroatoms. The zero-order valence-electron chi connectivity index (χ0n) is 16.7. The molecule has 0 spiro atoms. The van der Waals surface area contributed by atoms with Gasteiger partial charge >= 0.3 is 0 Å². The summed E-state index contributed by atoms with van der Waals surface area (Å²) >= 11 is 1.60. The van der Waals surface area contributed by atoms with Gasteiger partial charge in [0.1, 0.15) is 5.75 Å². The van der Waals surface area contributed by atoms with Crippen molar-refractivity contribution in [3.8, 4) is 5.75 Å². The van der Waals surface area contributed by atoms with Gasteiger partial charge in [0.25, 0.3) is 5.91 Å². The minimum atomic E-state index is 0.148. The van der Waals surface area contributed by atoms with Crippen LogP contribution in [0.3, 0.4) is 0 Å². The van der Waals surface area contributed by atoms with E-state index in [1.54, 1.807) is 11.3 Å². The first-order valence-electron chi connectivity index (χ1n) is 9.94. The second-order valence-corrected chi connectivity index (χ2v) is 8.49. The smallest absolute Gasteiger partial charge is 0.264 e. The van der Waals surface area contributed by atoms with E-state index in [-0.39, 0.29) is 5.91 Å². The van der Waals surface area contributed by atoms with E-state index >= 15 is 0 Å². The van der Waals surface area contributed by atoms with Gasteiger partial charge in [-0.3, -0.25) is 4.79 Å². The lowest BCUT2D eigenvalue weighted by Crippen LogP contribution is -2.48. The molecule has 3 heterocycles. The summed E-state index contributed by atoms with van der Waals surface area (Å²) in [4.78, 5) is 18.1. The van der Waals surface area contributed by atoms with Crippen molar-refractivity contribution in [1.82, 2.24) is 9.47 Å². The van der Waals surface area contributed by atoms with E-state index in [4.69, 9.17) is 4.74 Å². The van der Waals surface area contributed by atoms with E-state index in [9.17, 15) is 4.79 Å². The fourth-order valence-electron chi connectivity index (χ4n) is 3.66. The van der Waals surface area contributed by atoms with Crippen LogP contribution in [-0.4, -0.2) is 48.2 Å². The van der Waals surface area contributed by atoms with Crippen molar-refractivity contribution in [1.29, 1.82) is 0 Å². The number of hydrogen-bond acceptors (Lipinski definition) is 4. The number of rotatable bonds is 5. The molecule has 0 radical (unpaired) electrons. The number of para-hydroxylation sites is 2. The van der Waals surface area contributed by atoms with Crippen molar-refractivity contribution in [2.75, 3.05) is 37.7 Å². The lowest BCUT2D eigenvalue weighted by Gasteiger charge is -2.36. The maximum atomic E-state index is 13.0. The lowest BCUT2D eigenvalue weighted by atomic mass is 10.2. The van der Waals surface area contributed by atoms with Gasteiger partial charge in [0.05, 0.1) is 21.9 Å². The van der Waals surface area contributed by atoms with Crippen LogP contribution in [0.2, 0.25) is 0 Å². The topological polar surface area (TPSA) is 37.7 Å². The molecule has 3 aromatic rings. The highest BCUT2D eigenvalue weighted by atomic mass is 32.1. The van der Waals surface area contributed by atoms with Gasteiger partial charge in [0.2, 0.25) is 0 Å². The first kappa shape index (κ1) is 18.9. The van der Waals surface area contributed by atoms with E-state index in [0.717, 1.165) is 47.9 Å². The van der Waals surface area contributed by atoms with E-state index in [0.29, 0.717) is 12.6 Å². The Kier molecular flexibility index (Phi) is 5.31. The van der Waals surface area contributed by atoms with Crippen LogP contribution in [0.4, 0.5) is 5.69 Å². The first-order chi connectivity index (χ1) is 13.6. The molecule has 5 nitrogen and oxygen atoms in total. The maximum absolute atomic E-state index is 13.0. The van der Waals surface area contributed by atoms with Crippen LogP contribution in [0, 0.1) is 0 Å². The minimum Gasteiger partial charge on any atom is -0.492 e. The number of thiophene rings is 1. The molecule has 1 saturated heterocycles. The number of hydrogen-bond donors (Lipinski definition) is 0. The largest absolute Gasteiger partial charge is 0.492 e. The van der Waals surface area contributed by atoms with Gasteiger partial charge in [0, 0.05) is 50.0 Å². The van der Waals surface area contributed by atoms with Gasteiger partial charge in [-0.15, -0.1) is 11.3 Å². The summed E-state index contributed by atoms with van der Waals surface area (Å²) in [6.45, 7) is 10.1. The average molecular weight is 398 g/mol. The molecule has 2 aromatic heterocycles. The second kappa shape index (κ2) is 7.87. The summed E-state index contributed by atoms with van der Waals surface area (Å²) in [5.41, 5.74) is 1.12. The van der Waals surface area contributed by atoms with Crippen LogP contribution >= 0.6 is 11.3 Å². The number of anilines is 1. The fraction of sp³-hybridized carbons (Fsp3) is 0.409. The molecular formula is C22H27N3O2S. The first-order valence-corrected chi connectivity index (χ1v) is 10.8. The Balaban J connectivity index is 1.43. The number of carbonyl (C=O) groups is 1. The number of fused-ring (bicyclic) bond motifs is 1. The van der Waals surface area contributed by atoms with E-state index < -0.39 is 0 Å². The van der Waals surface area contributed by atoms with Gasteiger partial charge in [-0.25, -0.2) is 0 Å². The van der Waals surface area contributed by atoms with E-state index in [1.165, 1.54) is 4.70 Å². The summed E-state index contributed by atoms with van der Waals surface area (Å²) < 4.78 is 9.14. The molecule has 0 bridgehead atoms. The van der Waals surface area contributed by atoms with Gasteiger partial charge in [-0.05, 0) is 39.0 Å². The molecule has 28 heavy (non-hydrogen) atoms. The third-order valence-corrected chi connectivity index (χ3v) is 6.30. The van der Waals surface area contributed by atoms with Crippen LogP contribution in [0.5, 0.6) is 5.75 Å². The number of ether oxygens (including phenoxy) is 1. The molecule has 1 aromatic carbocycles. The van der Waals surface area contributed by atoms with Crippen LogP contribution < -0.4 is 9.64 Å². The Morgan fingerprint density at radius 2 is 1.89 bits per heavy atom. The van der Waals surface area contributed by atoms with Gasteiger partial charge < -0.3 is 19.1 Å². The highest BCUT2D eigenvalue weighted by molar-refractivity contribution is 7.20. The molecule has 1 aliphatic rings. The molecule has 148 valence electrons. The quantitative estimate of drug-likeness (QED) is 0.629. The minimum absolute atomic E-state index is 0.148. The second-order valence-electron chi connectivity index (χ2n) is 7.41. The fourth-order valence-corrected chi connectivity index (χ4v) is 4.70. The van der Waals surface area contributed by atoms with Gasteiger partial charge in [-0.1, -0.05) is 12.1 Å². The molecule has 0 atom stereocenters. The van der Waals surface area contributed by atoms with Gasteiger partial charge in [-0.2, -0.15) is 0 Å². The zero-order valence-corrected chi connectivity index (χ0v) is 17.5. The van der Waals surface area contributed by atoms with Crippen LogP contribution in [0.1, 0.15) is 36.5 Å². The summed E-state index contributed by atoms with van der Waals surface area (Å²) in [6.07, 6.45) is 4.28. The van der Waals surface area contributed by atoms with Gasteiger partial charge in [0.15, 0.2) is 0 Å². The summed E-state index contributed by atoms with van der Waals surface area (Å²) in [5, 5.41) is 1.16. The van der Waals surface area contributed by atoms with E-state index in [1.807, 2.05) is 36.1 Å². The summed E-state index contributed by atoms with van der Waals surface area (Å²) in [6, 6.07) is 10.6. The number of carbonyl (C=O) groups excluding carboxylic acids is 1. The summed E-state index contributed by atoms with van der Waals surface area (Å²) in [7, 11) is 0. The summed E-state index contributed by atoms with van der Waals surface area (Å²) in [5.74, 6) is 1.07. The Labute approximate surface area is 170 Å². The molecule has 1 fully saturated rings. The average Bonchev–Trinajstić information content (AvgIpc) is 3.28. The Morgan fingerprint density at radius 1 is 1.14 bits per heavy atom.